The molecule has 0 radical (unpaired) electrons. The SMILES string of the molecule is Cc1ccc(NS(=O)(=O)CC(C)C(=O)N2CCC(c3ccco3)C2)cc1. The summed E-state index contributed by atoms with van der Waals surface area (Å²) in [5.74, 6) is 0.0911. The molecular weight excluding hydrogens is 352 g/mol. The van der Waals surface area contributed by atoms with E-state index in [1.54, 1.807) is 30.2 Å². The summed E-state index contributed by atoms with van der Waals surface area (Å²) >= 11 is 0. The van der Waals surface area contributed by atoms with E-state index in [9.17, 15) is 13.2 Å². The number of rotatable bonds is 6. The first-order valence-corrected chi connectivity index (χ1v) is 10.4. The van der Waals surface area contributed by atoms with Gasteiger partial charge in [0.05, 0.1) is 17.9 Å². The van der Waals surface area contributed by atoms with Gasteiger partial charge in [-0.2, -0.15) is 0 Å². The lowest BCUT2D eigenvalue weighted by Gasteiger charge is -2.21. The highest BCUT2D eigenvalue weighted by molar-refractivity contribution is 7.92. The Morgan fingerprint density at radius 2 is 2.04 bits per heavy atom. The van der Waals surface area contributed by atoms with E-state index >= 15 is 0 Å². The summed E-state index contributed by atoms with van der Waals surface area (Å²) in [7, 11) is -3.59. The van der Waals surface area contributed by atoms with Crippen LogP contribution in [-0.2, 0) is 14.8 Å². The molecule has 2 unspecified atom stereocenters. The van der Waals surface area contributed by atoms with Crippen molar-refractivity contribution in [3.05, 3.63) is 54.0 Å². The van der Waals surface area contributed by atoms with Crippen LogP contribution in [0.15, 0.2) is 47.1 Å². The zero-order valence-electron chi connectivity index (χ0n) is 15.0. The van der Waals surface area contributed by atoms with E-state index < -0.39 is 15.9 Å². The molecule has 1 saturated heterocycles. The number of sulfonamides is 1. The molecule has 26 heavy (non-hydrogen) atoms. The van der Waals surface area contributed by atoms with Gasteiger partial charge in [-0.15, -0.1) is 0 Å². The van der Waals surface area contributed by atoms with Crippen molar-refractivity contribution in [1.29, 1.82) is 0 Å². The Labute approximate surface area is 154 Å². The number of carbonyl (C=O) groups is 1. The van der Waals surface area contributed by atoms with Crippen LogP contribution in [0, 0.1) is 12.8 Å². The molecule has 1 aliphatic rings. The van der Waals surface area contributed by atoms with E-state index in [2.05, 4.69) is 4.72 Å². The first-order chi connectivity index (χ1) is 12.3. The van der Waals surface area contributed by atoms with Gasteiger partial charge >= 0.3 is 0 Å². The fourth-order valence-corrected chi connectivity index (χ4v) is 4.65. The van der Waals surface area contributed by atoms with Crippen LogP contribution >= 0.6 is 0 Å². The van der Waals surface area contributed by atoms with E-state index in [1.165, 1.54) is 0 Å². The number of amides is 1. The van der Waals surface area contributed by atoms with Crippen molar-refractivity contribution in [2.45, 2.75) is 26.2 Å². The van der Waals surface area contributed by atoms with Crippen molar-refractivity contribution in [1.82, 2.24) is 4.90 Å². The fourth-order valence-electron chi connectivity index (χ4n) is 3.27. The summed E-state index contributed by atoms with van der Waals surface area (Å²) in [5, 5.41) is 0. The van der Waals surface area contributed by atoms with Gasteiger partial charge in [0.15, 0.2) is 0 Å². The molecule has 1 aromatic carbocycles. The van der Waals surface area contributed by atoms with Crippen molar-refractivity contribution < 1.29 is 17.6 Å². The molecule has 1 aromatic heterocycles. The van der Waals surface area contributed by atoms with E-state index in [-0.39, 0.29) is 17.6 Å². The maximum Gasteiger partial charge on any atom is 0.233 e. The van der Waals surface area contributed by atoms with E-state index in [4.69, 9.17) is 4.42 Å². The maximum atomic E-state index is 12.6. The highest BCUT2D eigenvalue weighted by atomic mass is 32.2. The van der Waals surface area contributed by atoms with Crippen LogP contribution in [0.5, 0.6) is 0 Å². The number of hydrogen-bond acceptors (Lipinski definition) is 4. The summed E-state index contributed by atoms with van der Waals surface area (Å²) in [6.07, 6.45) is 2.46. The van der Waals surface area contributed by atoms with Gasteiger partial charge in [-0.3, -0.25) is 9.52 Å². The second-order valence-corrected chi connectivity index (χ2v) is 8.70. The third-order valence-corrected chi connectivity index (χ3v) is 6.15. The Balaban J connectivity index is 1.57. The lowest BCUT2D eigenvalue weighted by Crippen LogP contribution is -2.37. The normalized spacial score (nSPS) is 18.7. The van der Waals surface area contributed by atoms with Gasteiger partial charge in [0.25, 0.3) is 0 Å². The topological polar surface area (TPSA) is 79.6 Å². The number of nitrogens with zero attached hydrogens (tertiary/aromatic N) is 1. The zero-order valence-corrected chi connectivity index (χ0v) is 15.8. The molecule has 3 rings (SSSR count). The average molecular weight is 376 g/mol. The van der Waals surface area contributed by atoms with Crippen LogP contribution in [-0.4, -0.2) is 38.1 Å². The van der Waals surface area contributed by atoms with E-state index in [0.29, 0.717) is 18.8 Å². The molecule has 0 saturated carbocycles. The fraction of sp³-hybridized carbons (Fsp3) is 0.421. The molecule has 1 fully saturated rings. The van der Waals surface area contributed by atoms with Crippen molar-refractivity contribution in [3.63, 3.8) is 0 Å². The van der Waals surface area contributed by atoms with Crippen molar-refractivity contribution in [2.75, 3.05) is 23.6 Å². The first kappa shape index (κ1) is 18.5. The molecule has 0 spiro atoms. The molecule has 1 N–H and O–H groups in total. The lowest BCUT2D eigenvalue weighted by molar-refractivity contribution is -0.133. The number of aryl methyl sites for hydroxylation is 1. The number of hydrogen-bond donors (Lipinski definition) is 1. The summed E-state index contributed by atoms with van der Waals surface area (Å²) < 4.78 is 32.7. The lowest BCUT2D eigenvalue weighted by atomic mass is 10.1. The number of furan rings is 1. The summed E-state index contributed by atoms with van der Waals surface area (Å²) in [6.45, 7) is 4.80. The standard InChI is InChI=1S/C19H24N2O4S/c1-14-5-7-17(8-6-14)20-26(23,24)13-15(2)19(22)21-10-9-16(12-21)18-4-3-11-25-18/h3-8,11,15-16,20H,9-10,12-13H2,1-2H3. The molecule has 2 aromatic rings. The quantitative estimate of drug-likeness (QED) is 0.840. The number of benzene rings is 1. The highest BCUT2D eigenvalue weighted by Gasteiger charge is 2.32. The van der Waals surface area contributed by atoms with Crippen molar-refractivity contribution in [3.8, 4) is 0 Å². The number of anilines is 1. The van der Waals surface area contributed by atoms with Gasteiger partial charge in [0, 0.05) is 24.7 Å². The summed E-state index contributed by atoms with van der Waals surface area (Å²) in [6, 6.07) is 10.9. The monoisotopic (exact) mass is 376 g/mol. The molecule has 2 atom stereocenters. The number of likely N-dealkylation sites (tertiary alicyclic amines) is 1. The Morgan fingerprint density at radius 3 is 2.69 bits per heavy atom. The Hall–Kier alpha value is -2.28. The predicted molar refractivity (Wildman–Crippen MR) is 100 cm³/mol. The minimum Gasteiger partial charge on any atom is -0.469 e. The minimum atomic E-state index is -3.59. The second kappa shape index (κ2) is 7.53. The third-order valence-electron chi connectivity index (χ3n) is 4.66. The van der Waals surface area contributed by atoms with E-state index in [0.717, 1.165) is 17.7 Å². The number of nitrogens with one attached hydrogen (secondary N) is 1. The Morgan fingerprint density at radius 1 is 1.31 bits per heavy atom. The minimum absolute atomic E-state index is 0.131. The third kappa shape index (κ3) is 4.46. The van der Waals surface area contributed by atoms with Crippen LogP contribution in [0.2, 0.25) is 0 Å². The van der Waals surface area contributed by atoms with Crippen LogP contribution in [0.1, 0.15) is 30.6 Å². The van der Waals surface area contributed by atoms with Crippen LogP contribution in [0.3, 0.4) is 0 Å². The summed E-state index contributed by atoms with van der Waals surface area (Å²) in [5.41, 5.74) is 1.56. The molecule has 6 nitrogen and oxygen atoms in total. The molecule has 140 valence electrons. The average Bonchev–Trinajstić information content (AvgIpc) is 3.26. The van der Waals surface area contributed by atoms with Crippen LogP contribution < -0.4 is 4.72 Å². The van der Waals surface area contributed by atoms with Crippen molar-refractivity contribution >= 4 is 21.6 Å². The Kier molecular flexibility index (Phi) is 5.36. The molecule has 1 amide bonds. The van der Waals surface area contributed by atoms with Crippen LogP contribution in [0.4, 0.5) is 5.69 Å². The largest absolute Gasteiger partial charge is 0.469 e. The maximum absolute atomic E-state index is 12.6. The molecule has 0 bridgehead atoms. The molecule has 0 aliphatic carbocycles. The van der Waals surface area contributed by atoms with Gasteiger partial charge < -0.3 is 9.32 Å². The molecule has 1 aliphatic heterocycles. The Bertz CT molecular complexity index is 844. The number of carbonyl (C=O) groups excluding carboxylic acids is 1. The predicted octanol–water partition coefficient (Wildman–Crippen LogP) is 2.98. The first-order valence-electron chi connectivity index (χ1n) is 8.73. The highest BCUT2D eigenvalue weighted by Crippen LogP contribution is 2.28. The van der Waals surface area contributed by atoms with Gasteiger partial charge in [-0.05, 0) is 37.6 Å². The zero-order chi connectivity index (χ0) is 18.7. The smallest absolute Gasteiger partial charge is 0.233 e. The summed E-state index contributed by atoms with van der Waals surface area (Å²) in [4.78, 5) is 14.4. The van der Waals surface area contributed by atoms with Crippen molar-refractivity contribution in [2.24, 2.45) is 5.92 Å². The molecular formula is C19H24N2O4S. The second-order valence-electron chi connectivity index (χ2n) is 6.94. The van der Waals surface area contributed by atoms with Gasteiger partial charge in [0.1, 0.15) is 5.76 Å². The van der Waals surface area contributed by atoms with Gasteiger partial charge in [-0.25, -0.2) is 8.42 Å². The van der Waals surface area contributed by atoms with Gasteiger partial charge in [-0.1, -0.05) is 24.6 Å². The van der Waals surface area contributed by atoms with Crippen LogP contribution in [0.25, 0.3) is 0 Å². The molecule has 7 heteroatoms. The van der Waals surface area contributed by atoms with E-state index in [1.807, 2.05) is 31.2 Å². The van der Waals surface area contributed by atoms with Gasteiger partial charge in [0.2, 0.25) is 15.9 Å². The molecule has 2 heterocycles.